The number of furan rings is 1. The molecule has 1 unspecified atom stereocenters. The Morgan fingerprint density at radius 1 is 1.05 bits per heavy atom. The number of rotatable bonds is 12. The van der Waals surface area contributed by atoms with Crippen LogP contribution in [0, 0.1) is 10.1 Å². The van der Waals surface area contributed by atoms with Crippen LogP contribution in [-0.4, -0.2) is 66.7 Å². The van der Waals surface area contributed by atoms with Gasteiger partial charge in [0.1, 0.15) is 11.5 Å². The molecule has 3 aromatic rings. The number of unbranched alkanes of at least 4 members (excludes halogenated alkanes) is 1. The molecule has 1 fully saturated rings. The number of morpholine rings is 1. The third-order valence-electron chi connectivity index (χ3n) is 6.35. The van der Waals surface area contributed by atoms with Crippen LogP contribution in [0.1, 0.15) is 35.4 Å². The van der Waals surface area contributed by atoms with Gasteiger partial charge in [0, 0.05) is 42.9 Å². The van der Waals surface area contributed by atoms with Gasteiger partial charge >= 0.3 is 0 Å². The number of carbonyl (C=O) groups excluding carboxylic acids is 2. The highest BCUT2D eigenvalue weighted by Gasteiger charge is 2.27. The summed E-state index contributed by atoms with van der Waals surface area (Å²) in [7, 11) is 0. The molecule has 11 nitrogen and oxygen atoms in total. The van der Waals surface area contributed by atoms with Crippen LogP contribution in [0.2, 0.25) is 0 Å². The zero-order valence-electron chi connectivity index (χ0n) is 21.5. The molecule has 204 valence electrons. The van der Waals surface area contributed by atoms with Crippen molar-refractivity contribution in [1.82, 2.24) is 15.6 Å². The van der Waals surface area contributed by atoms with Crippen molar-refractivity contribution in [3.8, 4) is 11.3 Å². The lowest BCUT2D eigenvalue weighted by Gasteiger charge is -2.33. The molecule has 1 aromatic heterocycles. The highest BCUT2D eigenvalue weighted by Crippen LogP contribution is 2.25. The van der Waals surface area contributed by atoms with E-state index in [1.165, 1.54) is 18.3 Å². The molecule has 2 aromatic carbocycles. The molecular weight excluding hydrogens is 502 g/mol. The summed E-state index contributed by atoms with van der Waals surface area (Å²) in [5.74, 6) is 0.511. The summed E-state index contributed by atoms with van der Waals surface area (Å²) in [6.07, 6.45) is 3.50. The normalized spacial score (nSPS) is 14.7. The number of nitrogens with zero attached hydrogens (tertiary/aromatic N) is 3. The van der Waals surface area contributed by atoms with Crippen LogP contribution in [0.3, 0.4) is 0 Å². The molecule has 2 N–H and O–H groups in total. The van der Waals surface area contributed by atoms with Crippen molar-refractivity contribution in [2.45, 2.75) is 25.3 Å². The quantitative estimate of drug-likeness (QED) is 0.157. The van der Waals surface area contributed by atoms with E-state index in [4.69, 9.17) is 9.15 Å². The molecule has 1 atom stereocenters. The van der Waals surface area contributed by atoms with Crippen LogP contribution in [0.4, 0.5) is 5.69 Å². The van der Waals surface area contributed by atoms with Crippen molar-refractivity contribution < 1.29 is 23.7 Å². The van der Waals surface area contributed by atoms with E-state index in [1.54, 1.807) is 36.4 Å². The van der Waals surface area contributed by atoms with Crippen molar-refractivity contribution >= 4 is 23.7 Å². The summed E-state index contributed by atoms with van der Waals surface area (Å²) in [4.78, 5) is 37.9. The molecule has 2 heterocycles. The number of hydrogen-bond donors (Lipinski definition) is 2. The second-order valence-corrected chi connectivity index (χ2v) is 9.03. The molecule has 39 heavy (non-hydrogen) atoms. The number of nitro benzene ring substituents is 1. The predicted molar refractivity (Wildman–Crippen MR) is 145 cm³/mol. The highest BCUT2D eigenvalue weighted by atomic mass is 16.6. The van der Waals surface area contributed by atoms with Gasteiger partial charge in [-0.3, -0.25) is 24.6 Å². The number of non-ortho nitro benzene ring substituents is 1. The van der Waals surface area contributed by atoms with Gasteiger partial charge in [0.25, 0.3) is 17.5 Å². The van der Waals surface area contributed by atoms with Crippen LogP contribution >= 0.6 is 0 Å². The van der Waals surface area contributed by atoms with Gasteiger partial charge < -0.3 is 14.5 Å². The lowest BCUT2D eigenvalue weighted by molar-refractivity contribution is -0.384. The number of amides is 2. The first-order valence-electron chi connectivity index (χ1n) is 12.8. The van der Waals surface area contributed by atoms with Crippen LogP contribution in [0.5, 0.6) is 0 Å². The van der Waals surface area contributed by atoms with Gasteiger partial charge in [-0.2, -0.15) is 5.10 Å². The molecule has 1 aliphatic rings. The van der Waals surface area contributed by atoms with Crippen molar-refractivity contribution in [1.29, 1.82) is 0 Å². The van der Waals surface area contributed by atoms with Crippen LogP contribution in [-0.2, 0) is 9.53 Å². The Morgan fingerprint density at radius 2 is 1.85 bits per heavy atom. The molecule has 0 radical (unpaired) electrons. The Kier molecular flexibility index (Phi) is 9.92. The minimum Gasteiger partial charge on any atom is -0.455 e. The van der Waals surface area contributed by atoms with E-state index in [-0.39, 0.29) is 23.5 Å². The molecule has 1 saturated heterocycles. The largest absolute Gasteiger partial charge is 0.455 e. The number of hydrazone groups is 1. The molecule has 2 amide bonds. The first-order chi connectivity index (χ1) is 19.0. The summed E-state index contributed by atoms with van der Waals surface area (Å²) in [6.45, 7) is 2.95. The average Bonchev–Trinajstić information content (AvgIpc) is 3.44. The van der Waals surface area contributed by atoms with Gasteiger partial charge in [0.2, 0.25) is 0 Å². The van der Waals surface area contributed by atoms with Gasteiger partial charge in [0.15, 0.2) is 0 Å². The number of ether oxygens (including phenoxy) is 1. The Hall–Kier alpha value is -4.35. The molecule has 0 bridgehead atoms. The number of benzene rings is 2. The maximum atomic E-state index is 13.0. The fourth-order valence-corrected chi connectivity index (χ4v) is 4.31. The van der Waals surface area contributed by atoms with Crippen LogP contribution in [0.15, 0.2) is 76.2 Å². The van der Waals surface area contributed by atoms with E-state index < -0.39 is 4.92 Å². The average molecular weight is 534 g/mol. The number of hydrogen-bond acceptors (Lipinski definition) is 8. The minimum absolute atomic E-state index is 0.0286. The zero-order chi connectivity index (χ0) is 27.5. The summed E-state index contributed by atoms with van der Waals surface area (Å²) < 4.78 is 11.2. The van der Waals surface area contributed by atoms with E-state index in [9.17, 15) is 19.7 Å². The SMILES string of the molecule is O=C(NCCCCC(C(=O)NN=Cc1ccc(-c2cccc([N+](=O)[O-])c2)o1)N1CCOCC1)c1ccccc1. The standard InChI is InChI=1S/C28H31N5O6/c34-27(21-7-2-1-3-8-21)29-14-5-4-11-25(32-15-17-38-18-16-32)28(35)31-30-20-24-12-13-26(39-24)22-9-6-10-23(19-22)33(36)37/h1-3,6-10,12-13,19-20,25H,4-5,11,14-18H2,(H,29,34)(H,31,35). The smallest absolute Gasteiger partial charge is 0.270 e. The summed E-state index contributed by atoms with van der Waals surface area (Å²) in [6, 6.07) is 18.2. The van der Waals surface area contributed by atoms with Crippen molar-refractivity contribution in [3.63, 3.8) is 0 Å². The fourth-order valence-electron chi connectivity index (χ4n) is 4.31. The number of nitro groups is 1. The van der Waals surface area contributed by atoms with Gasteiger partial charge in [-0.25, -0.2) is 5.43 Å². The molecule has 0 saturated carbocycles. The van der Waals surface area contributed by atoms with Gasteiger partial charge in [-0.15, -0.1) is 0 Å². The van der Waals surface area contributed by atoms with Crippen LogP contribution < -0.4 is 10.7 Å². The minimum atomic E-state index is -0.462. The van der Waals surface area contributed by atoms with E-state index in [0.717, 1.165) is 12.8 Å². The molecule has 1 aliphatic heterocycles. The van der Waals surface area contributed by atoms with Crippen molar-refractivity contribution in [3.05, 3.63) is 88.2 Å². The predicted octanol–water partition coefficient (Wildman–Crippen LogP) is 3.61. The summed E-state index contributed by atoms with van der Waals surface area (Å²) in [5.41, 5.74) is 3.77. The molecule has 11 heteroatoms. The lowest BCUT2D eigenvalue weighted by Crippen LogP contribution is -2.50. The second-order valence-electron chi connectivity index (χ2n) is 9.03. The Morgan fingerprint density at radius 3 is 2.62 bits per heavy atom. The summed E-state index contributed by atoms with van der Waals surface area (Å²) in [5, 5.41) is 18.0. The first kappa shape index (κ1) is 27.7. The Bertz CT molecular complexity index is 1290. The Balaban J connectivity index is 1.29. The third kappa shape index (κ3) is 8.06. The topological polar surface area (TPSA) is 139 Å². The second kappa shape index (κ2) is 14.0. The van der Waals surface area contributed by atoms with Crippen molar-refractivity contribution in [2.75, 3.05) is 32.8 Å². The maximum Gasteiger partial charge on any atom is 0.270 e. The van der Waals surface area contributed by atoms with Gasteiger partial charge in [-0.05, 0) is 43.5 Å². The number of carbonyl (C=O) groups is 2. The summed E-state index contributed by atoms with van der Waals surface area (Å²) >= 11 is 0. The van der Waals surface area contributed by atoms with E-state index in [0.29, 0.717) is 61.9 Å². The molecule has 4 rings (SSSR count). The van der Waals surface area contributed by atoms with E-state index in [2.05, 4.69) is 20.7 Å². The maximum absolute atomic E-state index is 13.0. The molecule has 0 aliphatic carbocycles. The molecular formula is C28H31N5O6. The highest BCUT2D eigenvalue weighted by molar-refractivity contribution is 5.94. The van der Waals surface area contributed by atoms with E-state index >= 15 is 0 Å². The first-order valence-corrected chi connectivity index (χ1v) is 12.8. The third-order valence-corrected chi connectivity index (χ3v) is 6.35. The lowest BCUT2D eigenvalue weighted by atomic mass is 10.1. The van der Waals surface area contributed by atoms with Gasteiger partial charge in [-0.1, -0.05) is 30.3 Å². The fraction of sp³-hybridized carbons (Fsp3) is 0.321. The monoisotopic (exact) mass is 533 g/mol. The number of nitrogens with one attached hydrogen (secondary N) is 2. The van der Waals surface area contributed by atoms with Crippen molar-refractivity contribution in [2.24, 2.45) is 5.10 Å². The van der Waals surface area contributed by atoms with Crippen LogP contribution in [0.25, 0.3) is 11.3 Å². The molecule has 0 spiro atoms. The van der Waals surface area contributed by atoms with E-state index in [1.807, 2.05) is 18.2 Å². The Labute approximate surface area is 226 Å². The van der Waals surface area contributed by atoms with Gasteiger partial charge in [0.05, 0.1) is 30.4 Å². The zero-order valence-corrected chi connectivity index (χ0v) is 21.5.